The summed E-state index contributed by atoms with van der Waals surface area (Å²) in [5, 5.41) is 16.3. The lowest BCUT2D eigenvalue weighted by atomic mass is 10.0. The van der Waals surface area contributed by atoms with Crippen molar-refractivity contribution >= 4 is 102 Å². The molecule has 13 aromatic rings. The van der Waals surface area contributed by atoms with Crippen molar-refractivity contribution in [2.24, 2.45) is 0 Å². The van der Waals surface area contributed by atoms with Gasteiger partial charge >= 0.3 is 0 Å². The van der Waals surface area contributed by atoms with E-state index in [1.165, 1.54) is 108 Å². The molecule has 13 rings (SSSR count). The molecule has 0 fully saturated rings. The van der Waals surface area contributed by atoms with Gasteiger partial charge in [0.15, 0.2) is 0 Å². The predicted molar refractivity (Wildman–Crippen MR) is 255 cm³/mol. The van der Waals surface area contributed by atoms with Crippen LogP contribution in [0.15, 0.2) is 194 Å². The number of para-hydroxylation sites is 2. The zero-order chi connectivity index (χ0) is 37.9. The average Bonchev–Trinajstić information content (AvgIpc) is 4.03. The van der Waals surface area contributed by atoms with Crippen LogP contribution in [-0.4, -0.2) is 9.13 Å². The van der Waals surface area contributed by atoms with Gasteiger partial charge in [0.1, 0.15) is 0 Å². The van der Waals surface area contributed by atoms with Crippen molar-refractivity contribution in [1.29, 1.82) is 0 Å². The van der Waals surface area contributed by atoms with Crippen molar-refractivity contribution in [3.63, 3.8) is 0 Å². The molecular formula is C54H34N2P2. The Hall–Kier alpha value is -6.82. The second kappa shape index (κ2) is 12.3. The number of benzene rings is 9. The standard InChI is InChI=1S/C54H34N2P2/c1-5-16-47-39(12-1)43-28-33(35-22-26-53-45(30-35)41-14-3-7-18-51(41)57-53)20-24-49(43)55(47)37-10-9-11-38(32-37)56-48-17-6-2-13-40(48)44-29-34(21-25-50(44)56)36-23-27-54-46(31-36)42-15-4-8-19-52(42)58-54/h1-32,57-58H. The van der Waals surface area contributed by atoms with E-state index < -0.39 is 0 Å². The molecule has 0 saturated carbocycles. The lowest BCUT2D eigenvalue weighted by Crippen LogP contribution is -1.98. The van der Waals surface area contributed by atoms with E-state index in [9.17, 15) is 0 Å². The summed E-state index contributed by atoms with van der Waals surface area (Å²) in [4.78, 5) is 0. The molecule has 2 nitrogen and oxygen atoms in total. The van der Waals surface area contributed by atoms with Crippen molar-refractivity contribution in [3.05, 3.63) is 194 Å². The van der Waals surface area contributed by atoms with Gasteiger partial charge in [0.25, 0.3) is 0 Å². The van der Waals surface area contributed by atoms with Crippen LogP contribution < -0.4 is 0 Å². The fourth-order valence-electron chi connectivity index (χ4n) is 9.69. The van der Waals surface area contributed by atoms with Crippen molar-refractivity contribution < 1.29 is 0 Å². The van der Waals surface area contributed by atoms with Crippen LogP contribution in [0.1, 0.15) is 0 Å². The molecule has 0 aliphatic carbocycles. The van der Waals surface area contributed by atoms with Crippen LogP contribution in [0.4, 0.5) is 0 Å². The fourth-order valence-corrected chi connectivity index (χ4v) is 12.3. The van der Waals surface area contributed by atoms with Crippen LogP contribution in [0.3, 0.4) is 0 Å². The highest BCUT2D eigenvalue weighted by Crippen LogP contribution is 2.43. The molecule has 2 unspecified atom stereocenters. The number of aromatic nitrogens is 2. The number of fused-ring (bicyclic) bond motifs is 12. The molecule has 4 heteroatoms. The lowest BCUT2D eigenvalue weighted by Gasteiger charge is -2.13. The summed E-state index contributed by atoms with van der Waals surface area (Å²) in [6.45, 7) is 0. The molecule has 0 saturated heterocycles. The Morgan fingerprint density at radius 1 is 0.241 bits per heavy atom. The first-order valence-corrected chi connectivity index (χ1v) is 21.9. The van der Waals surface area contributed by atoms with E-state index in [0.29, 0.717) is 0 Å². The summed E-state index contributed by atoms with van der Waals surface area (Å²) >= 11 is 0. The molecular weight excluding hydrogens is 739 g/mol. The van der Waals surface area contributed by atoms with Crippen LogP contribution in [0.2, 0.25) is 0 Å². The molecule has 270 valence electrons. The number of hydrogen-bond acceptors (Lipinski definition) is 0. The zero-order valence-corrected chi connectivity index (χ0v) is 33.4. The smallest absolute Gasteiger partial charge is 0.0541 e. The van der Waals surface area contributed by atoms with E-state index in [-0.39, 0.29) is 0 Å². The third-order valence-electron chi connectivity index (χ3n) is 12.4. The Morgan fingerprint density at radius 2 is 0.603 bits per heavy atom. The van der Waals surface area contributed by atoms with Gasteiger partial charge in [0.2, 0.25) is 0 Å². The van der Waals surface area contributed by atoms with Gasteiger partial charge in [-0.05, 0) is 143 Å². The molecule has 0 bridgehead atoms. The van der Waals surface area contributed by atoms with Crippen LogP contribution in [0, 0.1) is 0 Å². The summed E-state index contributed by atoms with van der Waals surface area (Å²) in [6, 6.07) is 72.6. The molecule has 4 heterocycles. The number of rotatable bonds is 4. The van der Waals surface area contributed by atoms with E-state index in [1.807, 2.05) is 0 Å². The maximum atomic E-state index is 2.44. The largest absolute Gasteiger partial charge is 0.309 e. The van der Waals surface area contributed by atoms with Crippen LogP contribution in [0.25, 0.3) is 119 Å². The highest BCUT2D eigenvalue weighted by atomic mass is 31.0. The van der Waals surface area contributed by atoms with Gasteiger partial charge in [-0.2, -0.15) is 0 Å². The fraction of sp³-hybridized carbons (Fsp3) is 0. The molecule has 0 amide bonds. The molecule has 0 aliphatic rings. The molecule has 58 heavy (non-hydrogen) atoms. The first-order valence-electron chi connectivity index (χ1n) is 19.9. The molecule has 0 radical (unpaired) electrons. The van der Waals surface area contributed by atoms with E-state index in [2.05, 4.69) is 203 Å². The predicted octanol–water partition coefficient (Wildman–Crippen LogP) is 15.9. The highest BCUT2D eigenvalue weighted by Gasteiger charge is 2.17. The van der Waals surface area contributed by atoms with Crippen molar-refractivity contribution in [1.82, 2.24) is 9.13 Å². The van der Waals surface area contributed by atoms with Crippen LogP contribution in [0.5, 0.6) is 0 Å². The Kier molecular flexibility index (Phi) is 6.87. The summed E-state index contributed by atoms with van der Waals surface area (Å²) < 4.78 is 4.88. The maximum absolute atomic E-state index is 2.44. The molecule has 0 spiro atoms. The third kappa shape index (κ3) is 4.74. The van der Waals surface area contributed by atoms with Crippen LogP contribution >= 0.6 is 16.4 Å². The van der Waals surface area contributed by atoms with Crippen molar-refractivity contribution in [2.45, 2.75) is 0 Å². The zero-order valence-electron chi connectivity index (χ0n) is 31.4. The first-order chi connectivity index (χ1) is 28.7. The van der Waals surface area contributed by atoms with Gasteiger partial charge in [0, 0.05) is 32.9 Å². The van der Waals surface area contributed by atoms with E-state index in [4.69, 9.17) is 0 Å². The maximum Gasteiger partial charge on any atom is 0.0541 e. The van der Waals surface area contributed by atoms with E-state index in [0.717, 1.165) is 27.8 Å². The van der Waals surface area contributed by atoms with E-state index in [1.54, 1.807) is 0 Å². The van der Waals surface area contributed by atoms with Crippen molar-refractivity contribution in [2.75, 3.05) is 0 Å². The Bertz CT molecular complexity index is 3570. The number of nitrogens with zero attached hydrogens (tertiary/aromatic N) is 2. The van der Waals surface area contributed by atoms with Gasteiger partial charge < -0.3 is 9.13 Å². The van der Waals surface area contributed by atoms with Crippen molar-refractivity contribution in [3.8, 4) is 33.6 Å². The molecule has 2 atom stereocenters. The Labute approximate surface area is 337 Å². The third-order valence-corrected chi connectivity index (χ3v) is 15.2. The van der Waals surface area contributed by atoms with Gasteiger partial charge in [-0.3, -0.25) is 0 Å². The minimum absolute atomic E-state index is 0.727. The topological polar surface area (TPSA) is 9.86 Å². The summed E-state index contributed by atoms with van der Waals surface area (Å²) in [7, 11) is 1.45. The number of hydrogen-bond donors (Lipinski definition) is 0. The Morgan fingerprint density at radius 3 is 1.09 bits per heavy atom. The molecule has 0 N–H and O–H groups in total. The van der Waals surface area contributed by atoms with Gasteiger partial charge in [-0.15, -0.1) is 16.4 Å². The van der Waals surface area contributed by atoms with Gasteiger partial charge in [0.05, 0.1) is 22.1 Å². The quantitative estimate of drug-likeness (QED) is 0.169. The SMILES string of the molecule is c1cc(-n2c3ccccc3c3cc(-c4ccc5[pH]c6ccccc6c5c4)ccc32)cc(-n2c3ccccc3c3cc(-c4ccc5[pH]c6ccccc6c5c4)ccc32)c1. The normalized spacial score (nSPS) is 12.4. The summed E-state index contributed by atoms with van der Waals surface area (Å²) in [6.07, 6.45) is 0. The van der Waals surface area contributed by atoms with E-state index >= 15 is 0 Å². The van der Waals surface area contributed by atoms with Gasteiger partial charge in [-0.25, -0.2) is 0 Å². The molecule has 0 aliphatic heterocycles. The monoisotopic (exact) mass is 772 g/mol. The van der Waals surface area contributed by atoms with Crippen LogP contribution in [-0.2, 0) is 0 Å². The summed E-state index contributed by atoms with van der Waals surface area (Å²) in [5.74, 6) is 0. The second-order valence-electron chi connectivity index (χ2n) is 15.6. The summed E-state index contributed by atoms with van der Waals surface area (Å²) in [5.41, 5.74) is 12.1. The minimum atomic E-state index is 0.727. The highest BCUT2D eigenvalue weighted by molar-refractivity contribution is 7.44. The molecule has 9 aromatic carbocycles. The average molecular weight is 773 g/mol. The molecule has 4 aromatic heterocycles. The minimum Gasteiger partial charge on any atom is -0.309 e. The second-order valence-corrected chi connectivity index (χ2v) is 18.2. The Balaban J connectivity index is 0.951. The lowest BCUT2D eigenvalue weighted by molar-refractivity contribution is 1.13. The first kappa shape index (κ1) is 32.3. The van der Waals surface area contributed by atoms with Gasteiger partial charge in [-0.1, -0.05) is 115 Å².